The Morgan fingerprint density at radius 3 is 2.90 bits per heavy atom. The molecule has 0 bridgehead atoms. The quantitative estimate of drug-likeness (QED) is 0.665. The van der Waals surface area contributed by atoms with Crippen LogP contribution in [0.5, 0.6) is 0 Å². The van der Waals surface area contributed by atoms with E-state index in [1.807, 2.05) is 11.8 Å². The summed E-state index contributed by atoms with van der Waals surface area (Å²) in [6.07, 6.45) is 2.28. The van der Waals surface area contributed by atoms with Gasteiger partial charge in [0.1, 0.15) is 5.82 Å². The topological polar surface area (TPSA) is 58.4 Å². The average molecular weight is 281 g/mol. The first-order valence-corrected chi connectivity index (χ1v) is 7.00. The zero-order chi connectivity index (χ0) is 14.5. The van der Waals surface area contributed by atoms with Crippen molar-refractivity contribution in [3.05, 3.63) is 34.1 Å². The lowest BCUT2D eigenvalue weighted by Crippen LogP contribution is -2.38. The van der Waals surface area contributed by atoms with E-state index in [2.05, 4.69) is 5.32 Å². The zero-order valence-electron chi connectivity index (χ0n) is 11.6. The van der Waals surface area contributed by atoms with Crippen LogP contribution < -0.4 is 10.2 Å². The number of halogens is 1. The third kappa shape index (κ3) is 3.66. The van der Waals surface area contributed by atoms with E-state index in [4.69, 9.17) is 0 Å². The first kappa shape index (κ1) is 14.7. The fraction of sp³-hybridized carbons (Fsp3) is 0.571. The molecule has 0 saturated carbocycles. The van der Waals surface area contributed by atoms with E-state index >= 15 is 0 Å². The van der Waals surface area contributed by atoms with Gasteiger partial charge in [0.25, 0.3) is 5.69 Å². The highest BCUT2D eigenvalue weighted by Crippen LogP contribution is 2.25. The number of piperidine rings is 1. The largest absolute Gasteiger partial charge is 0.371 e. The van der Waals surface area contributed by atoms with Gasteiger partial charge in [0.15, 0.2) is 0 Å². The first-order valence-electron chi connectivity index (χ1n) is 7.00. The van der Waals surface area contributed by atoms with Crippen LogP contribution in [0.25, 0.3) is 0 Å². The zero-order valence-corrected chi connectivity index (χ0v) is 11.6. The van der Waals surface area contributed by atoms with Crippen LogP contribution in [0, 0.1) is 21.8 Å². The second-order valence-electron chi connectivity index (χ2n) is 5.18. The normalized spacial score (nSPS) is 18.8. The van der Waals surface area contributed by atoms with Gasteiger partial charge < -0.3 is 10.2 Å². The van der Waals surface area contributed by atoms with E-state index in [1.54, 1.807) is 0 Å². The van der Waals surface area contributed by atoms with Crippen molar-refractivity contribution in [2.75, 3.05) is 31.1 Å². The summed E-state index contributed by atoms with van der Waals surface area (Å²) >= 11 is 0. The number of rotatable bonds is 5. The number of benzene rings is 1. The molecule has 6 heteroatoms. The SMILES string of the molecule is CCN(CC1CCCNC1)c1cc(F)cc([N+](=O)[O-])c1. The molecular formula is C14H20FN3O2. The molecule has 0 radical (unpaired) electrons. The highest BCUT2D eigenvalue weighted by atomic mass is 19.1. The number of nitro groups is 1. The Morgan fingerprint density at radius 1 is 1.50 bits per heavy atom. The summed E-state index contributed by atoms with van der Waals surface area (Å²) < 4.78 is 13.5. The predicted octanol–water partition coefficient (Wildman–Crippen LogP) is 2.56. The van der Waals surface area contributed by atoms with Crippen LogP contribution in [0.3, 0.4) is 0 Å². The smallest absolute Gasteiger partial charge is 0.274 e. The summed E-state index contributed by atoms with van der Waals surface area (Å²) in [6.45, 7) is 5.48. The van der Waals surface area contributed by atoms with Crippen LogP contribution in [0.1, 0.15) is 19.8 Å². The van der Waals surface area contributed by atoms with E-state index in [0.29, 0.717) is 18.2 Å². The van der Waals surface area contributed by atoms with E-state index in [9.17, 15) is 14.5 Å². The maximum absolute atomic E-state index is 13.5. The van der Waals surface area contributed by atoms with E-state index in [-0.39, 0.29) is 5.69 Å². The van der Waals surface area contributed by atoms with Crippen LogP contribution in [-0.2, 0) is 0 Å². The molecule has 0 spiro atoms. The van der Waals surface area contributed by atoms with Gasteiger partial charge in [0.05, 0.1) is 11.0 Å². The van der Waals surface area contributed by atoms with Crippen LogP contribution in [0.4, 0.5) is 15.8 Å². The molecule has 1 N–H and O–H groups in total. The molecule has 5 nitrogen and oxygen atoms in total. The van der Waals surface area contributed by atoms with Crippen molar-refractivity contribution in [3.63, 3.8) is 0 Å². The molecule has 2 rings (SSSR count). The number of nitro benzene ring substituents is 1. The maximum atomic E-state index is 13.5. The molecule has 20 heavy (non-hydrogen) atoms. The number of hydrogen-bond donors (Lipinski definition) is 1. The molecule has 1 saturated heterocycles. The Bertz CT molecular complexity index is 475. The van der Waals surface area contributed by atoms with Crippen molar-refractivity contribution in [2.45, 2.75) is 19.8 Å². The Balaban J connectivity index is 2.15. The Morgan fingerprint density at radius 2 is 2.30 bits per heavy atom. The summed E-state index contributed by atoms with van der Waals surface area (Å²) in [7, 11) is 0. The van der Waals surface area contributed by atoms with Crippen LogP contribution in [0.2, 0.25) is 0 Å². The van der Waals surface area contributed by atoms with Gasteiger partial charge in [-0.25, -0.2) is 4.39 Å². The van der Waals surface area contributed by atoms with E-state index < -0.39 is 10.7 Å². The van der Waals surface area contributed by atoms with Gasteiger partial charge in [-0.05, 0) is 44.8 Å². The molecule has 0 aliphatic carbocycles. The monoisotopic (exact) mass is 281 g/mol. The van der Waals surface area contributed by atoms with Crippen LogP contribution in [0.15, 0.2) is 18.2 Å². The minimum absolute atomic E-state index is 0.194. The van der Waals surface area contributed by atoms with Gasteiger partial charge in [-0.15, -0.1) is 0 Å². The van der Waals surface area contributed by atoms with Gasteiger partial charge in [-0.2, -0.15) is 0 Å². The number of non-ortho nitro benzene ring substituents is 1. The lowest BCUT2D eigenvalue weighted by molar-refractivity contribution is -0.385. The molecule has 1 aliphatic rings. The summed E-state index contributed by atoms with van der Waals surface area (Å²) in [4.78, 5) is 12.3. The molecule has 110 valence electrons. The van der Waals surface area contributed by atoms with Crippen LogP contribution in [-0.4, -0.2) is 31.1 Å². The molecule has 1 aliphatic heterocycles. The minimum Gasteiger partial charge on any atom is -0.371 e. The summed E-state index contributed by atoms with van der Waals surface area (Å²) in [6, 6.07) is 3.77. The van der Waals surface area contributed by atoms with Crippen molar-refractivity contribution < 1.29 is 9.31 Å². The van der Waals surface area contributed by atoms with Gasteiger partial charge in [-0.1, -0.05) is 0 Å². The van der Waals surface area contributed by atoms with Gasteiger partial charge in [0.2, 0.25) is 0 Å². The summed E-state index contributed by atoms with van der Waals surface area (Å²) in [5.41, 5.74) is 0.394. The lowest BCUT2D eigenvalue weighted by Gasteiger charge is -2.30. The Kier molecular flexibility index (Phi) is 4.89. The Hall–Kier alpha value is -1.69. The van der Waals surface area contributed by atoms with Gasteiger partial charge in [0, 0.05) is 24.8 Å². The number of nitrogens with one attached hydrogen (secondary N) is 1. The molecule has 0 amide bonds. The lowest BCUT2D eigenvalue weighted by atomic mass is 9.99. The molecule has 1 aromatic rings. The third-order valence-electron chi connectivity index (χ3n) is 3.70. The van der Waals surface area contributed by atoms with E-state index in [1.165, 1.54) is 12.1 Å². The molecule has 1 heterocycles. The fourth-order valence-electron chi connectivity index (χ4n) is 2.66. The fourth-order valence-corrected chi connectivity index (χ4v) is 2.66. The predicted molar refractivity (Wildman–Crippen MR) is 76.5 cm³/mol. The standard InChI is InChI=1S/C14H20FN3O2/c1-2-17(10-11-4-3-5-16-9-11)13-6-12(15)7-14(8-13)18(19)20/h6-8,11,16H,2-5,9-10H2,1H3. The second kappa shape index (κ2) is 6.65. The highest BCUT2D eigenvalue weighted by molar-refractivity contribution is 5.53. The maximum Gasteiger partial charge on any atom is 0.274 e. The van der Waals surface area contributed by atoms with Crippen LogP contribution >= 0.6 is 0 Å². The summed E-state index contributed by atoms with van der Waals surface area (Å²) in [5, 5.41) is 14.2. The van der Waals surface area contributed by atoms with Gasteiger partial charge in [-0.3, -0.25) is 10.1 Å². The van der Waals surface area contributed by atoms with Crippen molar-refractivity contribution in [1.82, 2.24) is 5.32 Å². The molecule has 1 fully saturated rings. The molecule has 1 aromatic carbocycles. The van der Waals surface area contributed by atoms with Crippen molar-refractivity contribution in [1.29, 1.82) is 0 Å². The van der Waals surface area contributed by atoms with Crippen molar-refractivity contribution >= 4 is 11.4 Å². The average Bonchev–Trinajstić information content (AvgIpc) is 2.45. The van der Waals surface area contributed by atoms with Gasteiger partial charge >= 0.3 is 0 Å². The summed E-state index contributed by atoms with van der Waals surface area (Å²) in [5.74, 6) is -0.0551. The van der Waals surface area contributed by atoms with Crippen molar-refractivity contribution in [2.24, 2.45) is 5.92 Å². The highest BCUT2D eigenvalue weighted by Gasteiger charge is 2.19. The Labute approximate surface area is 117 Å². The minimum atomic E-state index is -0.561. The van der Waals surface area contributed by atoms with Crippen molar-refractivity contribution in [3.8, 4) is 0 Å². The second-order valence-corrected chi connectivity index (χ2v) is 5.18. The number of nitrogens with zero attached hydrogens (tertiary/aromatic N) is 2. The van der Waals surface area contributed by atoms with E-state index in [0.717, 1.165) is 38.5 Å². The number of anilines is 1. The molecular weight excluding hydrogens is 261 g/mol. The molecule has 1 unspecified atom stereocenters. The number of hydrogen-bond acceptors (Lipinski definition) is 4. The third-order valence-corrected chi connectivity index (χ3v) is 3.70. The molecule has 0 aromatic heterocycles. The first-order chi connectivity index (χ1) is 9.60. The molecule has 1 atom stereocenters.